The van der Waals surface area contributed by atoms with Gasteiger partial charge in [0.2, 0.25) is 0 Å². The van der Waals surface area contributed by atoms with Crippen molar-refractivity contribution in [3.05, 3.63) is 0 Å². The standard InChI is InChI=1S/C5H9I3O/c1-4(2,3-9)5(6,7)8/h9H,3H2,1-2H3. The van der Waals surface area contributed by atoms with Gasteiger partial charge in [0.05, 0.1) is 6.61 Å². The largest absolute Gasteiger partial charge is 0.396 e. The molecule has 0 unspecified atom stereocenters. The van der Waals surface area contributed by atoms with Gasteiger partial charge in [-0.05, 0) is 0 Å². The zero-order valence-electron chi connectivity index (χ0n) is 5.29. The molecule has 56 valence electrons. The van der Waals surface area contributed by atoms with E-state index in [-0.39, 0.29) is 11.5 Å². The van der Waals surface area contributed by atoms with E-state index in [0.717, 1.165) is 0 Å². The van der Waals surface area contributed by atoms with Crippen molar-refractivity contribution in [2.75, 3.05) is 6.61 Å². The minimum absolute atomic E-state index is 0.00528. The fourth-order valence-corrected chi connectivity index (χ4v) is 0.601. The first kappa shape index (κ1) is 11.2. The number of hydrogen-bond donors (Lipinski definition) is 1. The molecule has 0 spiro atoms. The van der Waals surface area contributed by atoms with Crippen molar-refractivity contribution in [2.24, 2.45) is 5.41 Å². The smallest absolute Gasteiger partial charge is 0.131 e. The van der Waals surface area contributed by atoms with Crippen LogP contribution in [0.25, 0.3) is 0 Å². The van der Waals surface area contributed by atoms with Crippen LogP contribution in [0.2, 0.25) is 0 Å². The molecule has 1 N–H and O–H groups in total. The monoisotopic (exact) mass is 466 g/mol. The molecule has 0 atom stereocenters. The Morgan fingerprint density at radius 1 is 1.22 bits per heavy atom. The molecule has 0 aliphatic heterocycles. The van der Waals surface area contributed by atoms with E-state index in [4.69, 9.17) is 5.11 Å². The first-order valence-electron chi connectivity index (χ1n) is 2.49. The van der Waals surface area contributed by atoms with Gasteiger partial charge in [-0.3, -0.25) is 0 Å². The number of aliphatic hydroxyl groups is 1. The summed E-state index contributed by atoms with van der Waals surface area (Å²) in [7, 11) is 0. The fourth-order valence-electron chi connectivity index (χ4n) is 0.0896. The van der Waals surface area contributed by atoms with Crippen LogP contribution in [0.15, 0.2) is 0 Å². The molecule has 0 aromatic heterocycles. The van der Waals surface area contributed by atoms with Crippen LogP contribution in [0.3, 0.4) is 0 Å². The molecule has 0 bridgehead atoms. The van der Waals surface area contributed by atoms with E-state index in [9.17, 15) is 0 Å². The van der Waals surface area contributed by atoms with Gasteiger partial charge in [0.15, 0.2) is 0 Å². The predicted molar refractivity (Wildman–Crippen MR) is 65.7 cm³/mol. The lowest BCUT2D eigenvalue weighted by atomic mass is 9.99. The van der Waals surface area contributed by atoms with Crippen LogP contribution in [0.1, 0.15) is 13.8 Å². The van der Waals surface area contributed by atoms with Crippen molar-refractivity contribution in [1.29, 1.82) is 0 Å². The second kappa shape index (κ2) is 3.70. The molecule has 0 aromatic carbocycles. The average Bonchev–Trinajstić information content (AvgIpc) is 1.64. The Labute approximate surface area is 96.8 Å². The molecule has 0 aliphatic rings. The Morgan fingerprint density at radius 3 is 1.56 bits per heavy atom. The van der Waals surface area contributed by atoms with E-state index >= 15 is 0 Å². The highest BCUT2D eigenvalue weighted by Gasteiger charge is 2.37. The van der Waals surface area contributed by atoms with Gasteiger partial charge in [-0.1, -0.05) is 81.6 Å². The molecule has 9 heavy (non-hydrogen) atoms. The van der Waals surface area contributed by atoms with Crippen LogP contribution in [0.4, 0.5) is 0 Å². The minimum atomic E-state index is -0.00528. The summed E-state index contributed by atoms with van der Waals surface area (Å²) in [6, 6.07) is 0. The number of alkyl halides is 3. The maximum absolute atomic E-state index is 8.92. The molecular formula is C5H9I3O. The SMILES string of the molecule is CC(C)(CO)C(I)(I)I. The quantitative estimate of drug-likeness (QED) is 0.491. The first-order chi connectivity index (χ1) is 3.81. The minimum Gasteiger partial charge on any atom is -0.396 e. The summed E-state index contributed by atoms with van der Waals surface area (Å²) in [6.45, 7) is 4.35. The third-order valence-corrected chi connectivity index (χ3v) is 5.54. The summed E-state index contributed by atoms with van der Waals surface area (Å²) in [5.41, 5.74) is -0.00528. The zero-order chi connectivity index (χ0) is 7.71. The zero-order valence-corrected chi connectivity index (χ0v) is 11.8. The van der Waals surface area contributed by atoms with Crippen molar-refractivity contribution in [2.45, 2.75) is 13.3 Å². The fraction of sp³-hybridized carbons (Fsp3) is 1.00. The van der Waals surface area contributed by atoms with Gasteiger partial charge in [-0.15, -0.1) is 0 Å². The van der Waals surface area contributed by atoms with Crippen molar-refractivity contribution in [3.8, 4) is 0 Å². The van der Waals surface area contributed by atoms with Crippen LogP contribution in [0, 0.1) is 5.41 Å². The van der Waals surface area contributed by atoms with Crippen LogP contribution in [-0.4, -0.2) is 11.1 Å². The predicted octanol–water partition coefficient (Wildman–Crippen LogP) is 2.96. The highest BCUT2D eigenvalue weighted by atomic mass is 127. The molecule has 4 heteroatoms. The normalized spacial score (nSPS) is 14.0. The topological polar surface area (TPSA) is 20.2 Å². The number of hydrogen-bond acceptors (Lipinski definition) is 1. The molecule has 1 nitrogen and oxygen atoms in total. The lowest BCUT2D eigenvalue weighted by Gasteiger charge is -2.31. The van der Waals surface area contributed by atoms with Gasteiger partial charge in [-0.25, -0.2) is 0 Å². The molecule has 0 aliphatic carbocycles. The van der Waals surface area contributed by atoms with E-state index in [1.54, 1.807) is 0 Å². The number of aliphatic hydroxyl groups excluding tert-OH is 1. The van der Waals surface area contributed by atoms with E-state index in [0.29, 0.717) is 0 Å². The third-order valence-electron chi connectivity index (χ3n) is 1.16. The van der Waals surface area contributed by atoms with Crippen LogP contribution in [-0.2, 0) is 0 Å². The summed E-state index contributed by atoms with van der Waals surface area (Å²) >= 11 is 7.00. The average molecular weight is 466 g/mol. The van der Waals surface area contributed by atoms with E-state index < -0.39 is 0 Å². The lowest BCUT2D eigenvalue weighted by molar-refractivity contribution is 0.177. The molecule has 0 fully saturated rings. The van der Waals surface area contributed by atoms with E-state index in [2.05, 4.69) is 81.6 Å². The Balaban J connectivity index is 4.14. The van der Waals surface area contributed by atoms with Gasteiger partial charge in [0.1, 0.15) is -0.565 Å². The molecule has 0 radical (unpaired) electrons. The summed E-state index contributed by atoms with van der Waals surface area (Å²) in [6.07, 6.45) is 0. The van der Waals surface area contributed by atoms with Gasteiger partial charge < -0.3 is 5.11 Å². The summed E-state index contributed by atoms with van der Waals surface area (Å²) in [4.78, 5) is 0. The van der Waals surface area contributed by atoms with Crippen molar-refractivity contribution >= 4 is 67.8 Å². The van der Waals surface area contributed by atoms with Crippen molar-refractivity contribution < 1.29 is 5.11 Å². The first-order valence-corrected chi connectivity index (χ1v) is 5.72. The van der Waals surface area contributed by atoms with Crippen molar-refractivity contribution in [3.63, 3.8) is 0 Å². The van der Waals surface area contributed by atoms with Gasteiger partial charge in [0.25, 0.3) is 0 Å². The van der Waals surface area contributed by atoms with Crippen LogP contribution >= 0.6 is 67.8 Å². The molecule has 0 rings (SSSR count). The Bertz CT molecular complexity index is 94.9. The van der Waals surface area contributed by atoms with Crippen LogP contribution in [0.5, 0.6) is 0 Å². The molecule has 0 heterocycles. The van der Waals surface area contributed by atoms with Gasteiger partial charge in [0, 0.05) is 5.41 Å². The number of rotatable bonds is 2. The Kier molecular flexibility index (Phi) is 4.59. The lowest BCUT2D eigenvalue weighted by Crippen LogP contribution is -2.30. The second-order valence-corrected chi connectivity index (χ2v) is 13.6. The Morgan fingerprint density at radius 2 is 1.56 bits per heavy atom. The summed E-state index contributed by atoms with van der Waals surface area (Å²) < 4.78 is 0.106. The molecule has 0 amide bonds. The van der Waals surface area contributed by atoms with E-state index in [1.165, 1.54) is 0 Å². The summed E-state index contributed by atoms with van der Waals surface area (Å²) in [5.74, 6) is 0. The number of halogens is 3. The highest BCUT2D eigenvalue weighted by molar-refractivity contribution is 14.3. The Hall–Kier alpha value is 2.15. The summed E-state index contributed by atoms with van der Waals surface area (Å²) in [5, 5.41) is 8.92. The highest BCUT2D eigenvalue weighted by Crippen LogP contribution is 2.49. The molecule has 0 saturated heterocycles. The van der Waals surface area contributed by atoms with Gasteiger partial charge in [-0.2, -0.15) is 0 Å². The molecule has 0 aromatic rings. The maximum atomic E-state index is 8.92. The van der Waals surface area contributed by atoms with Crippen LogP contribution < -0.4 is 0 Å². The third kappa shape index (κ3) is 3.37. The second-order valence-electron chi connectivity index (χ2n) is 2.54. The van der Waals surface area contributed by atoms with Crippen molar-refractivity contribution in [1.82, 2.24) is 0 Å². The maximum Gasteiger partial charge on any atom is 0.131 e. The van der Waals surface area contributed by atoms with E-state index in [1.807, 2.05) is 0 Å². The molecular weight excluding hydrogens is 457 g/mol. The van der Waals surface area contributed by atoms with Gasteiger partial charge >= 0.3 is 0 Å². The molecule has 0 saturated carbocycles.